The molecule has 0 aromatic heterocycles. The maximum atomic E-state index is 11.3. The Labute approximate surface area is 77.8 Å². The molecule has 1 aliphatic heterocycles. The molecule has 1 saturated heterocycles. The van der Waals surface area contributed by atoms with Crippen molar-refractivity contribution in [2.24, 2.45) is 0 Å². The number of carbonyl (C=O) groups excluding carboxylic acids is 2. The zero-order valence-corrected chi connectivity index (χ0v) is 8.46. The lowest BCUT2D eigenvalue weighted by atomic mass is 10.1. The molecule has 0 aliphatic carbocycles. The normalized spacial score (nSPS) is 24.0. The van der Waals surface area contributed by atoms with Crippen LogP contribution in [0, 0.1) is 0 Å². The number of hydrogen-bond donors (Lipinski definition) is 0. The zero-order chi connectivity index (χ0) is 10.2. The highest BCUT2D eigenvalue weighted by molar-refractivity contribution is 5.92. The number of carbonyl (C=O) groups is 2. The van der Waals surface area contributed by atoms with Gasteiger partial charge in [-0.15, -0.1) is 0 Å². The average molecular weight is 185 g/mol. The summed E-state index contributed by atoms with van der Waals surface area (Å²) in [5.41, 5.74) is -0.363. The highest BCUT2D eigenvalue weighted by Crippen LogP contribution is 2.41. The minimum absolute atomic E-state index is 0.0121. The fourth-order valence-corrected chi connectivity index (χ4v) is 1.70. The molecule has 0 aromatic carbocycles. The van der Waals surface area contributed by atoms with Crippen molar-refractivity contribution in [1.82, 2.24) is 4.90 Å². The monoisotopic (exact) mass is 185 g/mol. The van der Waals surface area contributed by atoms with E-state index in [0.717, 1.165) is 0 Å². The third-order valence-electron chi connectivity index (χ3n) is 2.33. The van der Waals surface area contributed by atoms with Crippen LogP contribution in [0.3, 0.4) is 0 Å². The van der Waals surface area contributed by atoms with Crippen LogP contribution in [0.5, 0.6) is 0 Å². The summed E-state index contributed by atoms with van der Waals surface area (Å²) in [6.45, 7) is 7.30. The molecule has 0 aromatic rings. The Morgan fingerprint density at radius 2 is 2.00 bits per heavy atom. The van der Waals surface area contributed by atoms with Crippen LogP contribution in [0.4, 0.5) is 4.79 Å². The molecule has 1 aliphatic rings. The molecule has 0 N–H and O–H groups in total. The Morgan fingerprint density at radius 3 is 2.31 bits per heavy atom. The summed E-state index contributed by atoms with van der Waals surface area (Å²) in [6.07, 6.45) is -0.396. The minimum atomic E-state index is -0.396. The Balaban J connectivity index is 2.65. The van der Waals surface area contributed by atoms with Crippen LogP contribution >= 0.6 is 0 Å². The first kappa shape index (κ1) is 10.0. The summed E-state index contributed by atoms with van der Waals surface area (Å²) in [7, 11) is 0. The van der Waals surface area contributed by atoms with Gasteiger partial charge in [-0.2, -0.15) is 0 Å². The van der Waals surface area contributed by atoms with Crippen molar-refractivity contribution in [1.29, 1.82) is 0 Å². The van der Waals surface area contributed by atoms with Gasteiger partial charge in [0, 0.05) is 0 Å². The van der Waals surface area contributed by atoms with Gasteiger partial charge in [-0.3, -0.25) is 9.69 Å². The van der Waals surface area contributed by atoms with Crippen molar-refractivity contribution in [2.45, 2.75) is 39.3 Å². The molecule has 0 bridgehead atoms. The first-order valence-electron chi connectivity index (χ1n) is 4.39. The largest absolute Gasteiger partial charge is 0.450 e. The third-order valence-corrected chi connectivity index (χ3v) is 2.33. The lowest BCUT2D eigenvalue weighted by Crippen LogP contribution is -2.19. The number of hydrogen-bond acceptors (Lipinski definition) is 3. The number of Topliss-reactive ketones (excluding diaryl/α,β-unsaturated/α-hetero) is 1. The van der Waals surface area contributed by atoms with E-state index in [-0.39, 0.29) is 17.4 Å². The van der Waals surface area contributed by atoms with Crippen LogP contribution in [-0.4, -0.2) is 35.0 Å². The second-order valence-electron chi connectivity index (χ2n) is 3.74. The molecule has 74 valence electrons. The quantitative estimate of drug-likeness (QED) is 0.607. The van der Waals surface area contributed by atoms with Gasteiger partial charge in [0.05, 0.1) is 12.1 Å². The summed E-state index contributed by atoms with van der Waals surface area (Å²) in [5, 5.41) is 0. The molecule has 13 heavy (non-hydrogen) atoms. The average Bonchev–Trinajstić information content (AvgIpc) is 2.54. The molecule has 1 atom stereocenters. The maximum Gasteiger partial charge on any atom is 0.410 e. The summed E-state index contributed by atoms with van der Waals surface area (Å²) >= 11 is 0. The summed E-state index contributed by atoms with van der Waals surface area (Å²) in [4.78, 5) is 23.8. The van der Waals surface area contributed by atoms with Crippen LogP contribution in [-0.2, 0) is 9.53 Å². The van der Waals surface area contributed by atoms with Gasteiger partial charge in [-0.1, -0.05) is 0 Å². The van der Waals surface area contributed by atoms with E-state index in [9.17, 15) is 9.59 Å². The van der Waals surface area contributed by atoms with E-state index < -0.39 is 6.09 Å². The lowest BCUT2D eigenvalue weighted by molar-refractivity contribution is -0.117. The molecule has 1 rings (SSSR count). The third kappa shape index (κ3) is 1.53. The molecular formula is C9H15NO3. The van der Waals surface area contributed by atoms with E-state index in [4.69, 9.17) is 4.74 Å². The van der Waals surface area contributed by atoms with Gasteiger partial charge in [-0.05, 0) is 27.7 Å². The number of rotatable bonds is 2. The SMILES string of the molecule is CCOC(=O)N1C(C(C)=O)C1(C)C. The van der Waals surface area contributed by atoms with Gasteiger partial charge in [0.15, 0.2) is 5.78 Å². The van der Waals surface area contributed by atoms with Gasteiger partial charge >= 0.3 is 6.09 Å². The molecule has 4 nitrogen and oxygen atoms in total. The second-order valence-corrected chi connectivity index (χ2v) is 3.74. The smallest absolute Gasteiger partial charge is 0.410 e. The first-order valence-corrected chi connectivity index (χ1v) is 4.39. The first-order chi connectivity index (χ1) is 5.92. The molecule has 1 fully saturated rings. The topological polar surface area (TPSA) is 46.4 Å². The predicted octanol–water partition coefficient (Wildman–Crippen LogP) is 1.19. The van der Waals surface area contributed by atoms with Crippen molar-refractivity contribution in [3.63, 3.8) is 0 Å². The summed E-state index contributed by atoms with van der Waals surface area (Å²) < 4.78 is 4.82. The lowest BCUT2D eigenvalue weighted by Gasteiger charge is -2.05. The van der Waals surface area contributed by atoms with Crippen LogP contribution in [0.15, 0.2) is 0 Å². The van der Waals surface area contributed by atoms with Crippen LogP contribution in [0.25, 0.3) is 0 Å². The Bertz CT molecular complexity index is 247. The molecule has 0 radical (unpaired) electrons. The Hall–Kier alpha value is -1.06. The van der Waals surface area contributed by atoms with Gasteiger partial charge in [0.1, 0.15) is 6.04 Å². The number of amides is 1. The van der Waals surface area contributed by atoms with E-state index in [1.54, 1.807) is 6.92 Å². The van der Waals surface area contributed by atoms with Gasteiger partial charge in [-0.25, -0.2) is 4.79 Å². The van der Waals surface area contributed by atoms with E-state index in [1.807, 2.05) is 13.8 Å². The van der Waals surface area contributed by atoms with Gasteiger partial charge < -0.3 is 4.74 Å². The molecule has 0 spiro atoms. The fraction of sp³-hybridized carbons (Fsp3) is 0.778. The number of nitrogens with zero attached hydrogens (tertiary/aromatic N) is 1. The summed E-state index contributed by atoms with van der Waals surface area (Å²) in [6, 6.07) is -0.299. The molecule has 0 saturated carbocycles. The van der Waals surface area contributed by atoms with Gasteiger partial charge in [0.25, 0.3) is 0 Å². The maximum absolute atomic E-state index is 11.3. The number of ketones is 1. The van der Waals surface area contributed by atoms with Crippen LogP contribution < -0.4 is 0 Å². The van der Waals surface area contributed by atoms with E-state index in [0.29, 0.717) is 6.61 Å². The molecule has 1 amide bonds. The number of ether oxygens (including phenoxy) is 1. The van der Waals surface area contributed by atoms with E-state index in [1.165, 1.54) is 11.8 Å². The Kier molecular flexibility index (Phi) is 2.32. The standard InChI is InChI=1S/C9H15NO3/c1-5-13-8(12)10-7(6(2)11)9(10,3)4/h7H,5H2,1-4H3. The summed E-state index contributed by atoms with van der Waals surface area (Å²) in [5.74, 6) is 0.0121. The van der Waals surface area contributed by atoms with Crippen molar-refractivity contribution < 1.29 is 14.3 Å². The molecular weight excluding hydrogens is 170 g/mol. The molecule has 1 heterocycles. The highest BCUT2D eigenvalue weighted by atomic mass is 16.6. The fourth-order valence-electron chi connectivity index (χ4n) is 1.70. The zero-order valence-electron chi connectivity index (χ0n) is 8.46. The van der Waals surface area contributed by atoms with E-state index in [2.05, 4.69) is 0 Å². The van der Waals surface area contributed by atoms with Crippen molar-refractivity contribution in [2.75, 3.05) is 6.61 Å². The predicted molar refractivity (Wildman–Crippen MR) is 47.4 cm³/mol. The second kappa shape index (κ2) is 3.01. The van der Waals surface area contributed by atoms with Crippen molar-refractivity contribution in [3.8, 4) is 0 Å². The van der Waals surface area contributed by atoms with Crippen LogP contribution in [0.1, 0.15) is 27.7 Å². The highest BCUT2D eigenvalue weighted by Gasteiger charge is 2.61. The minimum Gasteiger partial charge on any atom is -0.450 e. The molecule has 1 unspecified atom stereocenters. The van der Waals surface area contributed by atoms with Crippen LogP contribution in [0.2, 0.25) is 0 Å². The van der Waals surface area contributed by atoms with E-state index >= 15 is 0 Å². The van der Waals surface area contributed by atoms with Crippen molar-refractivity contribution in [3.05, 3.63) is 0 Å². The molecule has 4 heteroatoms. The van der Waals surface area contributed by atoms with Crippen molar-refractivity contribution >= 4 is 11.9 Å². The Morgan fingerprint density at radius 1 is 1.46 bits per heavy atom. The van der Waals surface area contributed by atoms with Gasteiger partial charge in [0.2, 0.25) is 0 Å².